The Morgan fingerprint density at radius 3 is 1.21 bits per heavy atom. The molecule has 0 atom stereocenters. The van der Waals surface area contributed by atoms with Crippen LogP contribution in [0, 0.1) is 38.2 Å². The Morgan fingerprint density at radius 2 is 0.846 bits per heavy atom. The third-order valence-electron chi connectivity index (χ3n) is 18.1. The second-order valence-corrected chi connectivity index (χ2v) is 25.6. The number of halogens is 3. The molecule has 13 rings (SSSR count). The van der Waals surface area contributed by atoms with Crippen molar-refractivity contribution in [1.29, 1.82) is 0 Å². The summed E-state index contributed by atoms with van der Waals surface area (Å²) in [6, 6.07) is 39.3. The zero-order valence-corrected chi connectivity index (χ0v) is 57.2. The number of aryl methyl sites for hydroxylation is 3. The number of nitrogen functional groups attached to an aromatic ring is 2. The number of carboxylic acid groups (broad SMARTS) is 2. The van der Waals surface area contributed by atoms with Crippen molar-refractivity contribution in [3.05, 3.63) is 243 Å². The van der Waals surface area contributed by atoms with Crippen LogP contribution in [-0.2, 0) is 11.3 Å². The van der Waals surface area contributed by atoms with Gasteiger partial charge in [-0.1, -0.05) is 89.5 Å². The van der Waals surface area contributed by atoms with E-state index in [1.807, 2.05) is 93.6 Å². The first-order valence-corrected chi connectivity index (χ1v) is 33.0. The van der Waals surface area contributed by atoms with Crippen LogP contribution in [0.2, 0.25) is 0 Å². The van der Waals surface area contributed by atoms with Gasteiger partial charge in [0.2, 0.25) is 0 Å². The molecule has 30 heteroatoms. The Bertz CT molecular complexity index is 4680. The lowest BCUT2D eigenvalue weighted by molar-refractivity contribution is -0.122. The molecule has 0 saturated carbocycles. The van der Waals surface area contributed by atoms with Crippen molar-refractivity contribution < 1.29 is 67.5 Å². The summed E-state index contributed by atoms with van der Waals surface area (Å²) < 4.78 is 44.2. The number of carboxylic acids is 1. The molecule has 0 spiro atoms. The Balaban J connectivity index is 0.000000166. The Hall–Kier alpha value is -11.9. The maximum Gasteiger partial charge on any atom is 0.356 e. The fourth-order valence-electron chi connectivity index (χ4n) is 11.7. The van der Waals surface area contributed by atoms with Gasteiger partial charge < -0.3 is 63.0 Å². The SMILES string of the molecule is Cc1ccc(-c2ncc(C(=O)NCC3(O)CCN(C(=O)c4ccc(F)cc4)CC3)n2N)cc1.Cc1ccc(-c2ncc(C(=O)O)n2N)cc1.Cc1ccc(-c2ncc3c(=O)n(CC4(O)CCN(C(=O)c5ccc(F)cc5)CC4)cnn23)cc1.NCC1(O)CCN(C(=O)c2ccc(F)cc2)CC1.O=CO. The number of aromatic carboxylic acids is 1. The summed E-state index contributed by atoms with van der Waals surface area (Å²) in [5.74, 6) is 9.99. The van der Waals surface area contributed by atoms with Crippen LogP contribution < -0.4 is 28.3 Å². The number of carbonyl (C=O) groups is 6. The molecule has 12 N–H and O–H groups in total. The number of aromatic nitrogens is 8. The summed E-state index contributed by atoms with van der Waals surface area (Å²) in [4.78, 5) is 99.8. The number of hydrogen-bond donors (Lipinski definition) is 9. The molecular weight excluding hydrogens is 1350 g/mol. The largest absolute Gasteiger partial charge is 0.483 e. The number of amides is 4. The van der Waals surface area contributed by atoms with Gasteiger partial charge in [0.1, 0.15) is 29.5 Å². The number of nitrogens with zero attached hydrogens (tertiary/aromatic N) is 11. The Kier molecular flexibility index (Phi) is 24.8. The highest BCUT2D eigenvalue weighted by molar-refractivity contribution is 5.96. The highest BCUT2D eigenvalue weighted by atomic mass is 19.1. The van der Waals surface area contributed by atoms with Gasteiger partial charge in [-0.15, -0.1) is 0 Å². The van der Waals surface area contributed by atoms with E-state index in [1.54, 1.807) is 14.7 Å². The lowest BCUT2D eigenvalue weighted by Gasteiger charge is -2.38. The summed E-state index contributed by atoms with van der Waals surface area (Å²) in [6.45, 7) is 8.28. The van der Waals surface area contributed by atoms with Crippen LogP contribution in [0.3, 0.4) is 0 Å². The molecule has 104 heavy (non-hydrogen) atoms. The van der Waals surface area contributed by atoms with E-state index in [-0.39, 0.29) is 66.6 Å². The van der Waals surface area contributed by atoms with Gasteiger partial charge in [0.25, 0.3) is 35.7 Å². The Morgan fingerprint density at radius 1 is 0.510 bits per heavy atom. The van der Waals surface area contributed by atoms with Gasteiger partial charge in [-0.3, -0.25) is 33.3 Å². The average molecular weight is 1430 g/mol. The molecule has 10 aromatic rings. The maximum absolute atomic E-state index is 13.1. The highest BCUT2D eigenvalue weighted by Gasteiger charge is 2.38. The number of rotatable bonds is 13. The molecule has 0 bridgehead atoms. The summed E-state index contributed by atoms with van der Waals surface area (Å²) in [5.41, 5.74) is 9.59. The minimum Gasteiger partial charge on any atom is -0.483 e. The monoisotopic (exact) mass is 1430 g/mol. The molecule has 6 aromatic carbocycles. The van der Waals surface area contributed by atoms with Gasteiger partial charge in [0, 0.05) is 85.7 Å². The third-order valence-corrected chi connectivity index (χ3v) is 18.1. The zero-order valence-electron chi connectivity index (χ0n) is 57.2. The second-order valence-electron chi connectivity index (χ2n) is 25.6. The smallest absolute Gasteiger partial charge is 0.356 e. The van der Waals surface area contributed by atoms with Gasteiger partial charge in [0.05, 0.1) is 41.9 Å². The second kappa shape index (κ2) is 33.7. The van der Waals surface area contributed by atoms with E-state index in [0.717, 1.165) is 38.1 Å². The van der Waals surface area contributed by atoms with Crippen LogP contribution in [-0.4, -0.2) is 184 Å². The van der Waals surface area contributed by atoms with Crippen molar-refractivity contribution in [2.75, 3.05) is 64.0 Å². The number of nitrogens with two attached hydrogens (primary N) is 3. The normalized spacial score (nSPS) is 14.9. The maximum atomic E-state index is 13.1. The first kappa shape index (κ1) is 76.3. The van der Waals surface area contributed by atoms with Gasteiger partial charge >= 0.3 is 5.97 Å². The van der Waals surface area contributed by atoms with Crippen LogP contribution in [0.25, 0.3) is 39.7 Å². The summed E-state index contributed by atoms with van der Waals surface area (Å²) in [5, 5.41) is 54.9. The predicted octanol–water partition coefficient (Wildman–Crippen LogP) is 6.50. The summed E-state index contributed by atoms with van der Waals surface area (Å²) in [6.07, 6.45) is 7.75. The van der Waals surface area contributed by atoms with Crippen LogP contribution in [0.15, 0.2) is 175 Å². The molecule has 27 nitrogen and oxygen atoms in total. The van der Waals surface area contributed by atoms with Crippen molar-refractivity contribution >= 4 is 41.6 Å². The first-order valence-electron chi connectivity index (χ1n) is 33.0. The number of likely N-dealkylation sites (tertiary alicyclic amines) is 3. The van der Waals surface area contributed by atoms with Crippen molar-refractivity contribution in [2.24, 2.45) is 5.73 Å². The van der Waals surface area contributed by atoms with Gasteiger partial charge in [-0.05, 0) is 132 Å². The van der Waals surface area contributed by atoms with Gasteiger partial charge in [-0.25, -0.2) is 46.8 Å². The fourth-order valence-corrected chi connectivity index (χ4v) is 11.7. The van der Waals surface area contributed by atoms with E-state index in [9.17, 15) is 57.3 Å². The van der Waals surface area contributed by atoms with E-state index < -0.39 is 40.3 Å². The molecule has 3 fully saturated rings. The van der Waals surface area contributed by atoms with Crippen LogP contribution in [0.4, 0.5) is 13.2 Å². The predicted molar refractivity (Wildman–Crippen MR) is 379 cm³/mol. The molecule has 544 valence electrons. The van der Waals surface area contributed by atoms with E-state index in [0.29, 0.717) is 117 Å². The van der Waals surface area contributed by atoms with Gasteiger partial charge in [-0.2, -0.15) is 5.10 Å². The van der Waals surface area contributed by atoms with E-state index in [1.165, 1.54) is 111 Å². The number of nitrogens with one attached hydrogen (secondary N) is 1. The topological polar surface area (TPSA) is 391 Å². The number of imidazole rings is 3. The number of aliphatic hydroxyl groups is 3. The number of benzene rings is 6. The number of hydrogen-bond acceptors (Lipinski definition) is 17. The first-order chi connectivity index (χ1) is 49.6. The van der Waals surface area contributed by atoms with E-state index >= 15 is 0 Å². The molecule has 3 saturated heterocycles. The molecule has 4 aromatic heterocycles. The summed E-state index contributed by atoms with van der Waals surface area (Å²) in [7, 11) is 0. The molecule has 0 aliphatic carbocycles. The van der Waals surface area contributed by atoms with Crippen LogP contribution >= 0.6 is 0 Å². The summed E-state index contributed by atoms with van der Waals surface area (Å²) >= 11 is 0. The quantitative estimate of drug-likeness (QED) is 0.0439. The minimum atomic E-state index is -1.15. The lowest BCUT2D eigenvalue weighted by atomic mass is 9.91. The molecule has 0 unspecified atom stereocenters. The number of carbonyl (C=O) groups excluding carboxylic acids is 4. The lowest BCUT2D eigenvalue weighted by Crippen LogP contribution is -2.52. The van der Waals surface area contributed by atoms with Crippen molar-refractivity contribution in [3.8, 4) is 34.2 Å². The van der Waals surface area contributed by atoms with Crippen molar-refractivity contribution in [1.82, 2.24) is 58.5 Å². The minimum absolute atomic E-state index is 0.0233. The van der Waals surface area contributed by atoms with Crippen LogP contribution in [0.5, 0.6) is 0 Å². The fraction of sp³-hybridized carbons (Fsp3) is 0.284. The number of fused-ring (bicyclic) bond motifs is 1. The molecule has 0 radical (unpaired) electrons. The van der Waals surface area contributed by atoms with E-state index in [4.69, 9.17) is 32.4 Å². The molecule has 3 aliphatic heterocycles. The highest BCUT2D eigenvalue weighted by Crippen LogP contribution is 2.29. The molecule has 7 heterocycles. The molecular formula is C74H80F3N15O12. The third kappa shape index (κ3) is 19.0. The van der Waals surface area contributed by atoms with Crippen molar-refractivity contribution in [2.45, 2.75) is 82.6 Å². The standard InChI is InChI=1S/C25H24FN5O3.C24H26FN5O3.C13H17FN2O2.C11H11N3O2.CH2O2/c1-17-2-4-18(5-3-17)22-27-14-21-24(33)30(16-28-31(21)22)15-25(34)10-12-29(13-11-25)23(32)19-6-8-20(26)9-7-19;1-16-2-4-17(5-3-16)21-27-14-20(30(21)26)22(31)28-15-24(33)10-12-29(13-11-24)23(32)18-6-8-19(25)9-7-18;14-11-3-1-10(2-4-11)12(17)16-7-5-13(18,9-15)6-8-16;1-7-2-4-8(5-3-7)10-13-6-9(11(15)16)14(10)12;2-1-3/h2-9,14,16,34H,10-13,15H2,1H3;2-9,14,33H,10-13,15,26H2,1H3,(H,28,31);1-4,18H,5-9,15H2;2-6H,12H2,1H3,(H,15,16);1H,(H,2,3). The molecule has 4 amide bonds. The molecule has 3 aliphatic rings. The van der Waals surface area contributed by atoms with Crippen molar-refractivity contribution in [3.63, 3.8) is 0 Å². The van der Waals surface area contributed by atoms with E-state index in [2.05, 4.69) is 25.4 Å². The Labute approximate surface area is 594 Å². The van der Waals surface area contributed by atoms with Gasteiger partial charge in [0.15, 0.2) is 28.7 Å². The van der Waals surface area contributed by atoms with Crippen LogP contribution in [0.1, 0.15) is 107 Å². The zero-order chi connectivity index (χ0) is 75.0. The average Bonchev–Trinajstić information content (AvgIpc) is 1.64. The number of piperidine rings is 3.